The maximum atomic E-state index is 11.5. The molecule has 0 unspecified atom stereocenters. The van der Waals surface area contributed by atoms with E-state index in [2.05, 4.69) is 17.4 Å². The second-order valence-corrected chi connectivity index (χ2v) is 5.03. The number of rotatable bonds is 8. The lowest BCUT2D eigenvalue weighted by Crippen LogP contribution is -2.24. The van der Waals surface area contributed by atoms with Crippen LogP contribution in [0.3, 0.4) is 0 Å². The molecule has 0 radical (unpaired) electrons. The molecule has 0 saturated heterocycles. The van der Waals surface area contributed by atoms with Crippen molar-refractivity contribution in [1.29, 1.82) is 0 Å². The minimum absolute atomic E-state index is 0.0995. The second-order valence-electron chi connectivity index (χ2n) is 5.03. The maximum Gasteiger partial charge on any atom is 0.224 e. The van der Waals surface area contributed by atoms with Crippen LogP contribution in [0.15, 0.2) is 54.6 Å². The van der Waals surface area contributed by atoms with E-state index in [0.29, 0.717) is 18.0 Å². The van der Waals surface area contributed by atoms with Crippen molar-refractivity contribution in [3.05, 3.63) is 60.2 Å². The van der Waals surface area contributed by atoms with Crippen molar-refractivity contribution in [2.24, 2.45) is 0 Å². The number of nitrogens with one attached hydrogen (secondary N) is 1. The fourth-order valence-electron chi connectivity index (χ4n) is 2.00. The van der Waals surface area contributed by atoms with Crippen molar-refractivity contribution in [3.63, 3.8) is 0 Å². The number of aliphatic carboxylic acids is 1. The van der Waals surface area contributed by atoms with Gasteiger partial charge in [0.15, 0.2) is 0 Å². The Kier molecular flexibility index (Phi) is 6.17. The zero-order chi connectivity index (χ0) is 16.5. The summed E-state index contributed by atoms with van der Waals surface area (Å²) in [5.74, 6) is -0.872. The Morgan fingerprint density at radius 3 is 2.30 bits per heavy atom. The van der Waals surface area contributed by atoms with Gasteiger partial charge in [-0.3, -0.25) is 4.79 Å². The minimum Gasteiger partial charge on any atom is -0.550 e. The fraction of sp³-hybridized carbons (Fsp3) is 0.222. The molecular weight excluding hydrogens is 294 g/mol. The Bertz CT molecular complexity index is 638. The highest BCUT2D eigenvalue weighted by atomic mass is 16.5. The van der Waals surface area contributed by atoms with E-state index in [1.54, 1.807) is 24.3 Å². The first kappa shape index (κ1) is 16.5. The third-order valence-corrected chi connectivity index (χ3v) is 3.20. The Labute approximate surface area is 134 Å². The highest BCUT2D eigenvalue weighted by molar-refractivity contribution is 5.92. The van der Waals surface area contributed by atoms with Crippen molar-refractivity contribution in [3.8, 4) is 5.75 Å². The van der Waals surface area contributed by atoms with Crippen LogP contribution in [0.1, 0.15) is 18.4 Å². The molecular formula is C18H18NO4-. The van der Waals surface area contributed by atoms with E-state index in [-0.39, 0.29) is 18.7 Å². The number of amides is 1. The average molecular weight is 312 g/mol. The summed E-state index contributed by atoms with van der Waals surface area (Å²) in [5.41, 5.74) is 1.81. The second kappa shape index (κ2) is 8.58. The third-order valence-electron chi connectivity index (χ3n) is 3.20. The number of carbonyl (C=O) groups excluding carboxylic acids is 2. The predicted octanol–water partition coefficient (Wildman–Crippen LogP) is 1.78. The Balaban J connectivity index is 1.75. The van der Waals surface area contributed by atoms with Gasteiger partial charge in [0.2, 0.25) is 5.91 Å². The molecule has 0 spiro atoms. The number of hydrogen-bond donors (Lipinski definition) is 1. The lowest BCUT2D eigenvalue weighted by Gasteiger charge is -2.09. The quantitative estimate of drug-likeness (QED) is 0.806. The number of ether oxygens (including phenoxy) is 1. The summed E-state index contributed by atoms with van der Waals surface area (Å²) in [6, 6.07) is 17.0. The fourth-order valence-corrected chi connectivity index (χ4v) is 2.00. The zero-order valence-electron chi connectivity index (χ0n) is 12.7. The van der Waals surface area contributed by atoms with Gasteiger partial charge in [0.1, 0.15) is 5.75 Å². The standard InChI is InChI=1S/C18H19NO4/c20-17(10-11-18(21)22)19-15-6-8-16(9-7-15)23-13-12-14-4-2-1-3-5-14/h1-9H,10-13H2,(H,19,20)(H,21,22)/p-1. The molecule has 0 fully saturated rings. The molecule has 5 nitrogen and oxygen atoms in total. The summed E-state index contributed by atoms with van der Waals surface area (Å²) < 4.78 is 5.65. The Hall–Kier alpha value is -2.82. The van der Waals surface area contributed by atoms with Crippen molar-refractivity contribution in [2.45, 2.75) is 19.3 Å². The van der Waals surface area contributed by atoms with Crippen LogP contribution in [-0.4, -0.2) is 18.5 Å². The van der Waals surface area contributed by atoms with Crippen LogP contribution in [0.4, 0.5) is 5.69 Å². The third kappa shape index (κ3) is 6.22. The van der Waals surface area contributed by atoms with Gasteiger partial charge >= 0.3 is 0 Å². The Morgan fingerprint density at radius 1 is 0.957 bits per heavy atom. The molecule has 120 valence electrons. The molecule has 0 heterocycles. The smallest absolute Gasteiger partial charge is 0.224 e. The van der Waals surface area contributed by atoms with Crippen molar-refractivity contribution >= 4 is 17.6 Å². The molecule has 2 aromatic carbocycles. The SMILES string of the molecule is O=C([O-])CCC(=O)Nc1ccc(OCCc2ccccc2)cc1. The van der Waals surface area contributed by atoms with Gasteiger partial charge in [-0.1, -0.05) is 30.3 Å². The summed E-state index contributed by atoms with van der Waals surface area (Å²) in [6.07, 6.45) is 0.437. The zero-order valence-corrected chi connectivity index (χ0v) is 12.7. The van der Waals surface area contributed by atoms with E-state index in [1.165, 1.54) is 5.56 Å². The van der Waals surface area contributed by atoms with Gasteiger partial charge in [-0.15, -0.1) is 0 Å². The number of carboxylic acid groups (broad SMARTS) is 1. The number of carboxylic acids is 1. The van der Waals surface area contributed by atoms with Crippen LogP contribution in [0.2, 0.25) is 0 Å². The van der Waals surface area contributed by atoms with Gasteiger partial charge in [-0.2, -0.15) is 0 Å². The van der Waals surface area contributed by atoms with Crippen molar-refractivity contribution in [2.75, 3.05) is 11.9 Å². The molecule has 0 atom stereocenters. The summed E-state index contributed by atoms with van der Waals surface area (Å²) in [7, 11) is 0. The predicted molar refractivity (Wildman–Crippen MR) is 85.0 cm³/mol. The molecule has 0 bridgehead atoms. The van der Waals surface area contributed by atoms with Crippen LogP contribution in [-0.2, 0) is 16.0 Å². The number of hydrogen-bond acceptors (Lipinski definition) is 4. The molecule has 2 aromatic rings. The summed E-state index contributed by atoms with van der Waals surface area (Å²) in [5, 5.41) is 12.9. The lowest BCUT2D eigenvalue weighted by atomic mass is 10.2. The van der Waals surface area contributed by atoms with Crippen LogP contribution in [0.25, 0.3) is 0 Å². The first-order valence-corrected chi connectivity index (χ1v) is 7.40. The summed E-state index contributed by atoms with van der Waals surface area (Å²) in [6.45, 7) is 0.571. The largest absolute Gasteiger partial charge is 0.550 e. The first-order valence-electron chi connectivity index (χ1n) is 7.40. The number of anilines is 1. The van der Waals surface area contributed by atoms with Crippen LogP contribution in [0.5, 0.6) is 5.75 Å². The molecule has 23 heavy (non-hydrogen) atoms. The highest BCUT2D eigenvalue weighted by Gasteiger charge is 2.03. The number of carbonyl (C=O) groups is 2. The van der Waals surface area contributed by atoms with E-state index in [9.17, 15) is 14.7 Å². The van der Waals surface area contributed by atoms with E-state index in [1.807, 2.05) is 18.2 Å². The van der Waals surface area contributed by atoms with E-state index < -0.39 is 5.97 Å². The Morgan fingerprint density at radius 2 is 1.65 bits per heavy atom. The first-order chi connectivity index (χ1) is 11.1. The van der Waals surface area contributed by atoms with Crippen molar-refractivity contribution < 1.29 is 19.4 Å². The maximum absolute atomic E-state index is 11.5. The summed E-state index contributed by atoms with van der Waals surface area (Å²) >= 11 is 0. The molecule has 2 rings (SSSR count). The highest BCUT2D eigenvalue weighted by Crippen LogP contribution is 2.16. The minimum atomic E-state index is -1.23. The lowest BCUT2D eigenvalue weighted by molar-refractivity contribution is -0.305. The van der Waals surface area contributed by atoms with Crippen LogP contribution in [0, 0.1) is 0 Å². The summed E-state index contributed by atoms with van der Waals surface area (Å²) in [4.78, 5) is 21.8. The van der Waals surface area contributed by atoms with Gasteiger partial charge in [0, 0.05) is 24.5 Å². The van der Waals surface area contributed by atoms with Gasteiger partial charge in [-0.25, -0.2) is 0 Å². The topological polar surface area (TPSA) is 78.5 Å². The monoisotopic (exact) mass is 312 g/mol. The molecule has 0 aromatic heterocycles. The molecule has 0 aliphatic rings. The molecule has 1 N–H and O–H groups in total. The van der Waals surface area contributed by atoms with Gasteiger partial charge < -0.3 is 20.0 Å². The van der Waals surface area contributed by atoms with Crippen LogP contribution >= 0.6 is 0 Å². The average Bonchev–Trinajstić information content (AvgIpc) is 2.56. The van der Waals surface area contributed by atoms with E-state index in [0.717, 1.165) is 6.42 Å². The molecule has 0 aliphatic carbocycles. The van der Waals surface area contributed by atoms with E-state index >= 15 is 0 Å². The van der Waals surface area contributed by atoms with Crippen molar-refractivity contribution in [1.82, 2.24) is 0 Å². The van der Waals surface area contributed by atoms with E-state index in [4.69, 9.17) is 4.74 Å². The van der Waals surface area contributed by atoms with Crippen LogP contribution < -0.4 is 15.2 Å². The van der Waals surface area contributed by atoms with Gasteiger partial charge in [0.05, 0.1) is 6.61 Å². The molecule has 0 aliphatic heterocycles. The van der Waals surface area contributed by atoms with Gasteiger partial charge in [-0.05, 0) is 36.2 Å². The molecule has 1 amide bonds. The molecule has 5 heteroatoms. The van der Waals surface area contributed by atoms with Gasteiger partial charge in [0.25, 0.3) is 0 Å². The molecule has 0 saturated carbocycles. The normalized spacial score (nSPS) is 10.1. The number of benzene rings is 2.